The molecule has 1 amide bonds. The molecule has 4 heteroatoms. The number of alkyl halides is 1. The molecular formula is C13H18ClNO2. The van der Waals surface area contributed by atoms with Gasteiger partial charge in [0.05, 0.1) is 0 Å². The van der Waals surface area contributed by atoms with Crippen LogP contribution in [0.25, 0.3) is 0 Å². The van der Waals surface area contributed by atoms with Crippen LogP contribution in [0.15, 0.2) is 18.2 Å². The average Bonchev–Trinajstić information content (AvgIpc) is 2.28. The van der Waals surface area contributed by atoms with E-state index in [1.807, 2.05) is 13.8 Å². The summed E-state index contributed by atoms with van der Waals surface area (Å²) in [6.45, 7) is 6.51. The standard InChI is InChI=1S/C13H18ClNO2/c1-9(2)8-15(13(17)7-14)11-4-5-12(16)10(3)6-11/h4-6,9,16H,7-8H2,1-3H3. The number of carbonyl (C=O) groups excluding carboxylic acids is 1. The molecule has 0 saturated heterocycles. The van der Waals surface area contributed by atoms with Gasteiger partial charge in [-0.1, -0.05) is 13.8 Å². The molecule has 0 saturated carbocycles. The third-order valence-electron chi connectivity index (χ3n) is 2.46. The van der Waals surface area contributed by atoms with Crippen molar-refractivity contribution in [2.75, 3.05) is 17.3 Å². The van der Waals surface area contributed by atoms with Crippen LogP contribution in [0, 0.1) is 12.8 Å². The summed E-state index contributed by atoms with van der Waals surface area (Å²) in [6, 6.07) is 5.12. The van der Waals surface area contributed by atoms with E-state index in [1.165, 1.54) is 0 Å². The first-order valence-corrected chi connectivity index (χ1v) is 6.15. The highest BCUT2D eigenvalue weighted by Crippen LogP contribution is 2.24. The highest BCUT2D eigenvalue weighted by Gasteiger charge is 2.16. The van der Waals surface area contributed by atoms with Gasteiger partial charge in [0.15, 0.2) is 0 Å². The number of hydrogen-bond donors (Lipinski definition) is 1. The lowest BCUT2D eigenvalue weighted by Crippen LogP contribution is -2.35. The Labute approximate surface area is 107 Å². The second kappa shape index (κ2) is 5.92. The number of rotatable bonds is 4. The molecule has 0 unspecified atom stereocenters. The Morgan fingerprint density at radius 2 is 2.12 bits per heavy atom. The summed E-state index contributed by atoms with van der Waals surface area (Å²) in [5.41, 5.74) is 1.53. The Bertz CT molecular complexity index is 404. The zero-order valence-electron chi connectivity index (χ0n) is 10.4. The number of aromatic hydroxyl groups is 1. The summed E-state index contributed by atoms with van der Waals surface area (Å²) in [6.07, 6.45) is 0. The molecule has 0 aliphatic rings. The van der Waals surface area contributed by atoms with Crippen LogP contribution in [-0.2, 0) is 4.79 Å². The minimum Gasteiger partial charge on any atom is -0.508 e. The van der Waals surface area contributed by atoms with Gasteiger partial charge in [-0.2, -0.15) is 0 Å². The minimum absolute atomic E-state index is 0.0351. The van der Waals surface area contributed by atoms with E-state index < -0.39 is 0 Å². The monoisotopic (exact) mass is 255 g/mol. The van der Waals surface area contributed by atoms with E-state index in [0.717, 1.165) is 11.3 Å². The highest BCUT2D eigenvalue weighted by atomic mass is 35.5. The highest BCUT2D eigenvalue weighted by molar-refractivity contribution is 6.29. The summed E-state index contributed by atoms with van der Waals surface area (Å²) in [5.74, 6) is 0.436. The van der Waals surface area contributed by atoms with Crippen molar-refractivity contribution in [2.24, 2.45) is 5.92 Å². The number of carbonyl (C=O) groups is 1. The molecule has 0 aromatic heterocycles. The van der Waals surface area contributed by atoms with Gasteiger partial charge in [0.1, 0.15) is 11.6 Å². The molecule has 0 bridgehead atoms. The van der Waals surface area contributed by atoms with Gasteiger partial charge in [-0.05, 0) is 36.6 Å². The number of aryl methyl sites for hydroxylation is 1. The number of phenols is 1. The Morgan fingerprint density at radius 1 is 1.47 bits per heavy atom. The Kier molecular flexibility index (Phi) is 4.82. The number of phenolic OH excluding ortho intramolecular Hbond substituents is 1. The fraction of sp³-hybridized carbons (Fsp3) is 0.462. The fourth-order valence-electron chi connectivity index (χ4n) is 1.60. The van der Waals surface area contributed by atoms with Crippen LogP contribution in [-0.4, -0.2) is 23.4 Å². The van der Waals surface area contributed by atoms with Crippen LogP contribution in [0.4, 0.5) is 5.69 Å². The number of benzene rings is 1. The molecule has 0 radical (unpaired) electrons. The molecule has 0 aliphatic heterocycles. The van der Waals surface area contributed by atoms with Gasteiger partial charge in [-0.15, -0.1) is 11.6 Å². The third-order valence-corrected chi connectivity index (χ3v) is 2.68. The number of hydrogen-bond acceptors (Lipinski definition) is 2. The van der Waals surface area contributed by atoms with Crippen LogP contribution in [0.3, 0.4) is 0 Å². The van der Waals surface area contributed by atoms with Gasteiger partial charge >= 0.3 is 0 Å². The first-order valence-electron chi connectivity index (χ1n) is 5.61. The van der Waals surface area contributed by atoms with Crippen LogP contribution in [0.5, 0.6) is 5.75 Å². The maximum absolute atomic E-state index is 11.8. The van der Waals surface area contributed by atoms with E-state index >= 15 is 0 Å². The number of nitrogens with zero attached hydrogens (tertiary/aromatic N) is 1. The minimum atomic E-state index is -0.120. The first-order chi connectivity index (χ1) is 7.95. The predicted molar refractivity (Wildman–Crippen MR) is 70.8 cm³/mol. The van der Waals surface area contributed by atoms with Gasteiger partial charge in [0, 0.05) is 12.2 Å². The molecule has 1 aromatic carbocycles. The molecule has 0 spiro atoms. The average molecular weight is 256 g/mol. The SMILES string of the molecule is Cc1cc(N(CC(C)C)C(=O)CCl)ccc1O. The van der Waals surface area contributed by atoms with Gasteiger partial charge in [0.25, 0.3) is 0 Å². The molecule has 1 rings (SSSR count). The number of anilines is 1. The zero-order chi connectivity index (χ0) is 13.0. The largest absolute Gasteiger partial charge is 0.508 e. The van der Waals surface area contributed by atoms with E-state index in [-0.39, 0.29) is 17.5 Å². The van der Waals surface area contributed by atoms with Gasteiger partial charge in [-0.25, -0.2) is 0 Å². The molecule has 17 heavy (non-hydrogen) atoms. The van der Waals surface area contributed by atoms with Crippen molar-refractivity contribution in [3.05, 3.63) is 23.8 Å². The lowest BCUT2D eigenvalue weighted by atomic mass is 10.1. The van der Waals surface area contributed by atoms with Gasteiger partial charge in [0.2, 0.25) is 5.91 Å². The second-order valence-corrected chi connectivity index (χ2v) is 4.77. The van der Waals surface area contributed by atoms with Gasteiger partial charge in [-0.3, -0.25) is 4.79 Å². The van der Waals surface area contributed by atoms with E-state index in [4.69, 9.17) is 11.6 Å². The van der Waals surface area contributed by atoms with Crippen molar-refractivity contribution < 1.29 is 9.90 Å². The zero-order valence-corrected chi connectivity index (χ0v) is 11.2. The third kappa shape index (κ3) is 3.63. The number of amides is 1. The van der Waals surface area contributed by atoms with Crippen LogP contribution in [0.2, 0.25) is 0 Å². The van der Waals surface area contributed by atoms with Crippen molar-refractivity contribution in [1.82, 2.24) is 0 Å². The molecule has 1 aromatic rings. The molecule has 3 nitrogen and oxygen atoms in total. The Morgan fingerprint density at radius 3 is 2.59 bits per heavy atom. The second-order valence-electron chi connectivity index (χ2n) is 4.50. The van der Waals surface area contributed by atoms with E-state index in [0.29, 0.717) is 12.5 Å². The maximum atomic E-state index is 11.8. The topological polar surface area (TPSA) is 40.5 Å². The lowest BCUT2D eigenvalue weighted by molar-refractivity contribution is -0.116. The first kappa shape index (κ1) is 13.8. The van der Waals surface area contributed by atoms with Crippen LogP contribution >= 0.6 is 11.6 Å². The Hall–Kier alpha value is -1.22. The Balaban J connectivity index is 3.03. The van der Waals surface area contributed by atoms with Crippen molar-refractivity contribution in [3.63, 3.8) is 0 Å². The van der Waals surface area contributed by atoms with E-state index in [2.05, 4.69) is 0 Å². The van der Waals surface area contributed by atoms with E-state index in [9.17, 15) is 9.90 Å². The molecule has 0 atom stereocenters. The van der Waals surface area contributed by atoms with E-state index in [1.54, 1.807) is 30.0 Å². The molecule has 0 heterocycles. The van der Waals surface area contributed by atoms with Crippen molar-refractivity contribution in [1.29, 1.82) is 0 Å². The van der Waals surface area contributed by atoms with Crippen LogP contribution in [0.1, 0.15) is 19.4 Å². The van der Waals surface area contributed by atoms with Crippen molar-refractivity contribution in [2.45, 2.75) is 20.8 Å². The molecular weight excluding hydrogens is 238 g/mol. The summed E-state index contributed by atoms with van der Waals surface area (Å²) in [7, 11) is 0. The summed E-state index contributed by atoms with van der Waals surface area (Å²) < 4.78 is 0. The van der Waals surface area contributed by atoms with Crippen molar-refractivity contribution >= 4 is 23.2 Å². The smallest absolute Gasteiger partial charge is 0.241 e. The molecule has 0 aliphatic carbocycles. The fourth-order valence-corrected chi connectivity index (χ4v) is 1.74. The molecule has 1 N–H and O–H groups in total. The van der Waals surface area contributed by atoms with Gasteiger partial charge < -0.3 is 10.0 Å². The summed E-state index contributed by atoms with van der Waals surface area (Å²) >= 11 is 5.61. The number of halogens is 1. The lowest BCUT2D eigenvalue weighted by Gasteiger charge is -2.24. The van der Waals surface area contributed by atoms with Crippen molar-refractivity contribution in [3.8, 4) is 5.75 Å². The normalized spacial score (nSPS) is 10.6. The quantitative estimate of drug-likeness (QED) is 0.841. The predicted octanol–water partition coefficient (Wildman–Crippen LogP) is 2.93. The van der Waals surface area contributed by atoms with Crippen LogP contribution < -0.4 is 4.90 Å². The molecule has 94 valence electrons. The molecule has 0 fully saturated rings. The summed E-state index contributed by atoms with van der Waals surface area (Å²) in [5, 5.41) is 9.47. The summed E-state index contributed by atoms with van der Waals surface area (Å²) in [4.78, 5) is 13.4. The maximum Gasteiger partial charge on any atom is 0.241 e.